The molecule has 1 amide bonds. The summed E-state index contributed by atoms with van der Waals surface area (Å²) in [7, 11) is 0. The fourth-order valence-electron chi connectivity index (χ4n) is 2.93. The van der Waals surface area contributed by atoms with E-state index in [9.17, 15) is 9.59 Å². The van der Waals surface area contributed by atoms with Crippen LogP contribution in [0.25, 0.3) is 16.7 Å². The van der Waals surface area contributed by atoms with E-state index < -0.39 is 0 Å². The van der Waals surface area contributed by atoms with Crippen LogP contribution in [-0.2, 0) is 11.3 Å². The number of carbonyl (C=O) groups is 1. The summed E-state index contributed by atoms with van der Waals surface area (Å²) in [6.07, 6.45) is 3.34. The van der Waals surface area contributed by atoms with Crippen molar-refractivity contribution in [1.29, 1.82) is 0 Å². The van der Waals surface area contributed by atoms with Gasteiger partial charge in [-0.25, -0.2) is 14.5 Å². The minimum absolute atomic E-state index is 0.115. The van der Waals surface area contributed by atoms with Crippen LogP contribution in [-0.4, -0.2) is 31.2 Å². The summed E-state index contributed by atoms with van der Waals surface area (Å²) in [4.78, 5) is 38.7. The van der Waals surface area contributed by atoms with Crippen molar-refractivity contribution in [1.82, 2.24) is 24.8 Å². The van der Waals surface area contributed by atoms with Crippen LogP contribution in [0.5, 0.6) is 0 Å². The Morgan fingerprint density at radius 3 is 2.70 bits per heavy atom. The summed E-state index contributed by atoms with van der Waals surface area (Å²) < 4.78 is 1.46. The molecule has 0 aliphatic carbocycles. The first-order valence-corrected chi connectivity index (χ1v) is 10.3. The van der Waals surface area contributed by atoms with Crippen molar-refractivity contribution < 1.29 is 4.79 Å². The summed E-state index contributed by atoms with van der Waals surface area (Å²) in [6, 6.07) is 16.4. The number of thioether (sulfide) groups is 1. The number of nitrogens with one attached hydrogen (secondary N) is 1. The molecule has 0 spiro atoms. The van der Waals surface area contributed by atoms with E-state index in [4.69, 9.17) is 0 Å². The number of benzene rings is 1. The largest absolute Gasteiger partial charge is 0.350 e. The van der Waals surface area contributed by atoms with Gasteiger partial charge in [0.05, 0.1) is 28.9 Å². The molecule has 4 aromatic rings. The predicted octanol–water partition coefficient (Wildman–Crippen LogP) is 2.89. The molecule has 7 nitrogen and oxygen atoms in total. The monoisotopic (exact) mass is 417 g/mol. The molecule has 4 rings (SSSR count). The third-order valence-electron chi connectivity index (χ3n) is 4.40. The summed E-state index contributed by atoms with van der Waals surface area (Å²) in [5.74, 6) is 0.426. The topological polar surface area (TPSA) is 89.8 Å². The highest BCUT2D eigenvalue weighted by Gasteiger charge is 2.15. The van der Waals surface area contributed by atoms with E-state index in [1.165, 1.54) is 16.3 Å². The van der Waals surface area contributed by atoms with E-state index in [0.29, 0.717) is 28.4 Å². The highest BCUT2D eigenvalue weighted by atomic mass is 32.2. The van der Waals surface area contributed by atoms with Gasteiger partial charge in [0.25, 0.3) is 5.56 Å². The van der Waals surface area contributed by atoms with Gasteiger partial charge in [0.1, 0.15) is 5.82 Å². The SMILES string of the molecule is Cc1ccnc(-n2c(SCC(=O)NCc3ccccn3)nc3ccccc3c2=O)c1. The van der Waals surface area contributed by atoms with Gasteiger partial charge in [-0.05, 0) is 48.9 Å². The second-order valence-corrected chi connectivity index (χ2v) is 7.57. The maximum Gasteiger partial charge on any atom is 0.267 e. The zero-order valence-electron chi connectivity index (χ0n) is 16.3. The van der Waals surface area contributed by atoms with Crippen molar-refractivity contribution in [3.63, 3.8) is 0 Å². The zero-order valence-corrected chi connectivity index (χ0v) is 17.1. The molecule has 0 bridgehead atoms. The third kappa shape index (κ3) is 4.38. The number of para-hydroxylation sites is 1. The zero-order chi connectivity index (χ0) is 20.9. The molecule has 0 fully saturated rings. The molecule has 30 heavy (non-hydrogen) atoms. The van der Waals surface area contributed by atoms with Crippen LogP contribution in [0.2, 0.25) is 0 Å². The van der Waals surface area contributed by atoms with E-state index in [0.717, 1.165) is 11.3 Å². The van der Waals surface area contributed by atoms with Gasteiger partial charge in [-0.3, -0.25) is 14.6 Å². The van der Waals surface area contributed by atoms with Gasteiger partial charge < -0.3 is 5.32 Å². The average Bonchev–Trinajstić information content (AvgIpc) is 2.77. The summed E-state index contributed by atoms with van der Waals surface area (Å²) in [5, 5.41) is 3.76. The van der Waals surface area contributed by atoms with E-state index in [2.05, 4.69) is 20.3 Å². The van der Waals surface area contributed by atoms with Crippen LogP contribution in [0, 0.1) is 6.92 Å². The van der Waals surface area contributed by atoms with Crippen molar-refractivity contribution in [2.24, 2.45) is 0 Å². The van der Waals surface area contributed by atoms with Gasteiger partial charge in [0.2, 0.25) is 5.91 Å². The van der Waals surface area contributed by atoms with E-state index in [1.54, 1.807) is 30.6 Å². The molecule has 0 saturated carbocycles. The first-order valence-electron chi connectivity index (χ1n) is 9.36. The molecule has 8 heteroatoms. The predicted molar refractivity (Wildman–Crippen MR) is 117 cm³/mol. The van der Waals surface area contributed by atoms with Crippen LogP contribution < -0.4 is 10.9 Å². The minimum Gasteiger partial charge on any atom is -0.350 e. The number of aromatic nitrogens is 4. The fraction of sp³-hybridized carbons (Fsp3) is 0.136. The lowest BCUT2D eigenvalue weighted by molar-refractivity contribution is -0.118. The Labute approximate surface area is 177 Å². The minimum atomic E-state index is -0.213. The number of amides is 1. The van der Waals surface area contributed by atoms with Crippen LogP contribution in [0.3, 0.4) is 0 Å². The van der Waals surface area contributed by atoms with Crippen LogP contribution in [0.4, 0.5) is 0 Å². The molecular formula is C22H19N5O2S. The molecule has 0 radical (unpaired) electrons. The fourth-order valence-corrected chi connectivity index (χ4v) is 3.76. The molecule has 0 saturated heterocycles. The molecular weight excluding hydrogens is 398 g/mol. The molecule has 1 N–H and O–H groups in total. The Morgan fingerprint density at radius 1 is 1.07 bits per heavy atom. The van der Waals surface area contributed by atoms with E-state index in [-0.39, 0.29) is 17.2 Å². The van der Waals surface area contributed by atoms with Crippen LogP contribution in [0.15, 0.2) is 76.9 Å². The van der Waals surface area contributed by atoms with Crippen LogP contribution in [0.1, 0.15) is 11.3 Å². The van der Waals surface area contributed by atoms with Gasteiger partial charge in [-0.1, -0.05) is 30.0 Å². The van der Waals surface area contributed by atoms with E-state index >= 15 is 0 Å². The normalized spacial score (nSPS) is 10.8. The number of rotatable bonds is 6. The highest BCUT2D eigenvalue weighted by Crippen LogP contribution is 2.20. The maximum absolute atomic E-state index is 13.2. The number of aryl methyl sites for hydroxylation is 1. The lowest BCUT2D eigenvalue weighted by atomic mass is 10.2. The average molecular weight is 417 g/mol. The molecule has 150 valence electrons. The summed E-state index contributed by atoms with van der Waals surface area (Å²) in [6.45, 7) is 2.28. The first kappa shape index (κ1) is 19.8. The Kier molecular flexibility index (Phi) is 5.85. The van der Waals surface area contributed by atoms with Gasteiger partial charge in [-0.15, -0.1) is 0 Å². The standard InChI is InChI=1S/C22H19N5O2S/c1-15-9-11-24-19(12-15)27-21(29)17-7-2-3-8-18(17)26-22(27)30-14-20(28)25-13-16-6-4-5-10-23-16/h2-12H,13-14H2,1H3,(H,25,28). The van der Waals surface area contributed by atoms with Crippen LogP contribution >= 0.6 is 11.8 Å². The number of pyridine rings is 2. The summed E-state index contributed by atoms with van der Waals surface area (Å²) in [5.41, 5.74) is 2.13. The van der Waals surface area contributed by atoms with Crippen molar-refractivity contribution in [3.05, 3.63) is 88.6 Å². The van der Waals surface area contributed by atoms with Gasteiger partial charge in [0, 0.05) is 12.4 Å². The Balaban J connectivity index is 1.61. The number of nitrogens with zero attached hydrogens (tertiary/aromatic N) is 4. The van der Waals surface area contributed by atoms with E-state index in [1.807, 2.05) is 43.3 Å². The van der Waals surface area contributed by atoms with Gasteiger partial charge in [0.15, 0.2) is 5.16 Å². The van der Waals surface area contributed by atoms with Gasteiger partial charge in [-0.2, -0.15) is 0 Å². The molecule has 0 atom stereocenters. The highest BCUT2D eigenvalue weighted by molar-refractivity contribution is 7.99. The van der Waals surface area contributed by atoms with Gasteiger partial charge >= 0.3 is 0 Å². The molecule has 1 aromatic carbocycles. The van der Waals surface area contributed by atoms with Crippen molar-refractivity contribution in [2.45, 2.75) is 18.6 Å². The second kappa shape index (κ2) is 8.87. The number of hydrogen-bond donors (Lipinski definition) is 1. The second-order valence-electron chi connectivity index (χ2n) is 6.63. The summed E-state index contributed by atoms with van der Waals surface area (Å²) >= 11 is 1.20. The smallest absolute Gasteiger partial charge is 0.267 e. The Hall–Kier alpha value is -3.52. The molecule has 0 aliphatic rings. The Morgan fingerprint density at radius 2 is 1.90 bits per heavy atom. The molecule has 3 aromatic heterocycles. The first-order chi connectivity index (χ1) is 14.6. The van der Waals surface area contributed by atoms with Crippen molar-refractivity contribution in [2.75, 3.05) is 5.75 Å². The quantitative estimate of drug-likeness (QED) is 0.383. The Bertz CT molecular complexity index is 1260. The number of carbonyl (C=O) groups excluding carboxylic acids is 1. The van der Waals surface area contributed by atoms with Crippen molar-refractivity contribution >= 4 is 28.6 Å². The molecule has 3 heterocycles. The third-order valence-corrected chi connectivity index (χ3v) is 5.34. The lowest BCUT2D eigenvalue weighted by Crippen LogP contribution is -2.26. The lowest BCUT2D eigenvalue weighted by Gasteiger charge is -2.13. The number of hydrogen-bond acceptors (Lipinski definition) is 6. The molecule has 0 unspecified atom stereocenters. The van der Waals surface area contributed by atoms with Crippen molar-refractivity contribution in [3.8, 4) is 5.82 Å². The maximum atomic E-state index is 13.2. The number of fused-ring (bicyclic) bond motifs is 1. The molecule has 0 aliphatic heterocycles.